The van der Waals surface area contributed by atoms with Gasteiger partial charge in [0.25, 0.3) is 0 Å². The molecule has 0 aliphatic carbocycles. The van der Waals surface area contributed by atoms with Crippen molar-refractivity contribution in [3.8, 4) is 0 Å². The van der Waals surface area contributed by atoms with E-state index in [0.717, 1.165) is 24.5 Å². The van der Waals surface area contributed by atoms with Crippen molar-refractivity contribution in [2.45, 2.75) is 11.3 Å². The fourth-order valence-corrected chi connectivity index (χ4v) is 4.10. The van der Waals surface area contributed by atoms with Gasteiger partial charge in [-0.1, -0.05) is 0 Å². The van der Waals surface area contributed by atoms with Crippen molar-refractivity contribution in [3.63, 3.8) is 0 Å². The van der Waals surface area contributed by atoms with E-state index in [4.69, 9.17) is 0 Å². The van der Waals surface area contributed by atoms with E-state index in [1.807, 2.05) is 0 Å². The summed E-state index contributed by atoms with van der Waals surface area (Å²) >= 11 is 2.97. The van der Waals surface area contributed by atoms with Gasteiger partial charge in [0.15, 0.2) is 0 Å². The Hall–Kier alpha value is -0.510. The van der Waals surface area contributed by atoms with E-state index in [9.17, 15) is 21.2 Å². The van der Waals surface area contributed by atoms with E-state index in [2.05, 4.69) is 20.7 Å². The van der Waals surface area contributed by atoms with Gasteiger partial charge in [0, 0.05) is 17.3 Å². The fourth-order valence-electron chi connectivity index (χ4n) is 1.31. The molecule has 0 aliphatic heterocycles. The van der Waals surface area contributed by atoms with Crippen LogP contribution >= 0.6 is 15.9 Å². The largest absolute Gasteiger partial charge is 0.241 e. The summed E-state index contributed by atoms with van der Waals surface area (Å²) < 4.78 is 60.8. The molecule has 0 heterocycles. The van der Waals surface area contributed by atoms with E-state index in [0.29, 0.717) is 0 Å². The molecule has 0 saturated carbocycles. The molecule has 0 spiro atoms. The van der Waals surface area contributed by atoms with Crippen LogP contribution < -0.4 is 4.72 Å². The summed E-state index contributed by atoms with van der Waals surface area (Å²) in [6, 6.07) is 3.22. The molecular formula is C10H13BrFNO4S2. The van der Waals surface area contributed by atoms with Gasteiger partial charge in [-0.25, -0.2) is 25.9 Å². The molecule has 0 saturated heterocycles. The van der Waals surface area contributed by atoms with E-state index < -0.39 is 25.7 Å². The number of sulfonamides is 1. The second-order valence-electron chi connectivity index (χ2n) is 3.96. The predicted molar refractivity (Wildman–Crippen MR) is 73.6 cm³/mol. The summed E-state index contributed by atoms with van der Waals surface area (Å²) in [5.41, 5.74) is 0. The first-order valence-electron chi connectivity index (χ1n) is 5.24. The van der Waals surface area contributed by atoms with Crippen LogP contribution in [0.1, 0.15) is 6.42 Å². The summed E-state index contributed by atoms with van der Waals surface area (Å²) in [5, 5.41) is 0. The molecule has 1 aromatic carbocycles. The molecule has 0 aromatic heterocycles. The van der Waals surface area contributed by atoms with Crippen molar-refractivity contribution in [1.82, 2.24) is 4.72 Å². The third kappa shape index (κ3) is 5.55. The van der Waals surface area contributed by atoms with Crippen LogP contribution in [0.2, 0.25) is 0 Å². The van der Waals surface area contributed by atoms with Gasteiger partial charge in [-0.2, -0.15) is 0 Å². The smallest absolute Gasteiger partial charge is 0.229 e. The first kappa shape index (κ1) is 16.5. The summed E-state index contributed by atoms with van der Waals surface area (Å²) in [4.78, 5) is -0.0896. The van der Waals surface area contributed by atoms with Crippen molar-refractivity contribution in [3.05, 3.63) is 28.5 Å². The van der Waals surface area contributed by atoms with Gasteiger partial charge < -0.3 is 0 Å². The maximum absolute atomic E-state index is 12.9. The molecule has 1 aromatic rings. The standard InChI is InChI=1S/C10H13BrFNO4S2/c1-18(14,15)6-2-5-13-19(16,17)10-4-3-8(12)7-9(10)11/h3-4,7,13H,2,5-6H2,1H3. The lowest BCUT2D eigenvalue weighted by Crippen LogP contribution is -2.26. The molecule has 0 aliphatic rings. The Bertz CT molecular complexity index is 658. The van der Waals surface area contributed by atoms with Crippen LogP contribution in [0.5, 0.6) is 0 Å². The molecule has 0 amide bonds. The van der Waals surface area contributed by atoms with Crippen molar-refractivity contribution in [2.75, 3.05) is 18.6 Å². The average molecular weight is 374 g/mol. The van der Waals surface area contributed by atoms with Crippen LogP contribution in [-0.2, 0) is 19.9 Å². The minimum Gasteiger partial charge on any atom is -0.229 e. The number of nitrogens with one attached hydrogen (secondary N) is 1. The number of benzene rings is 1. The van der Waals surface area contributed by atoms with Gasteiger partial charge in [-0.05, 0) is 40.5 Å². The summed E-state index contributed by atoms with van der Waals surface area (Å²) in [6.07, 6.45) is 1.26. The fraction of sp³-hybridized carbons (Fsp3) is 0.400. The maximum Gasteiger partial charge on any atom is 0.241 e. The minimum atomic E-state index is -3.78. The van der Waals surface area contributed by atoms with E-state index in [-0.39, 0.29) is 28.1 Å². The van der Waals surface area contributed by atoms with Gasteiger partial charge in [0.05, 0.1) is 10.6 Å². The molecule has 0 unspecified atom stereocenters. The van der Waals surface area contributed by atoms with E-state index in [1.165, 1.54) is 0 Å². The lowest BCUT2D eigenvalue weighted by molar-refractivity contribution is 0.576. The number of rotatable bonds is 6. The van der Waals surface area contributed by atoms with E-state index in [1.54, 1.807) is 0 Å². The average Bonchev–Trinajstić information content (AvgIpc) is 2.22. The van der Waals surface area contributed by atoms with Gasteiger partial charge in [0.1, 0.15) is 15.7 Å². The number of sulfone groups is 1. The summed E-state index contributed by atoms with van der Waals surface area (Å²) in [7, 11) is -6.90. The highest BCUT2D eigenvalue weighted by Crippen LogP contribution is 2.22. The monoisotopic (exact) mass is 373 g/mol. The van der Waals surface area contributed by atoms with Gasteiger partial charge in [0.2, 0.25) is 10.0 Å². The summed E-state index contributed by atoms with van der Waals surface area (Å²) in [6.45, 7) is -0.000774. The van der Waals surface area contributed by atoms with Crippen LogP contribution in [0.4, 0.5) is 4.39 Å². The molecule has 19 heavy (non-hydrogen) atoms. The predicted octanol–water partition coefficient (Wildman–Crippen LogP) is 1.30. The second-order valence-corrected chi connectivity index (χ2v) is 8.81. The number of halogens is 2. The van der Waals surface area contributed by atoms with Crippen LogP contribution in [0.15, 0.2) is 27.6 Å². The summed E-state index contributed by atoms with van der Waals surface area (Å²) in [5.74, 6) is -0.650. The number of hydrogen-bond acceptors (Lipinski definition) is 4. The zero-order valence-electron chi connectivity index (χ0n) is 10.1. The molecule has 1 rings (SSSR count). The molecular weight excluding hydrogens is 361 g/mol. The SMILES string of the molecule is CS(=O)(=O)CCCNS(=O)(=O)c1ccc(F)cc1Br. The molecule has 0 radical (unpaired) electrons. The Morgan fingerprint density at radius 1 is 1.26 bits per heavy atom. The third-order valence-electron chi connectivity index (χ3n) is 2.17. The highest BCUT2D eigenvalue weighted by molar-refractivity contribution is 9.10. The third-order valence-corrected chi connectivity index (χ3v) is 5.64. The first-order valence-corrected chi connectivity index (χ1v) is 9.58. The van der Waals surface area contributed by atoms with Crippen LogP contribution in [0, 0.1) is 5.82 Å². The van der Waals surface area contributed by atoms with E-state index >= 15 is 0 Å². The normalized spacial score (nSPS) is 12.6. The molecule has 0 atom stereocenters. The van der Waals surface area contributed by atoms with Crippen molar-refractivity contribution in [1.29, 1.82) is 0 Å². The van der Waals surface area contributed by atoms with Crippen LogP contribution in [0.3, 0.4) is 0 Å². The lowest BCUT2D eigenvalue weighted by atomic mass is 10.3. The molecule has 1 N–H and O–H groups in total. The van der Waals surface area contributed by atoms with Gasteiger partial charge in [-0.3, -0.25) is 0 Å². The first-order chi connectivity index (χ1) is 8.62. The Morgan fingerprint density at radius 2 is 1.89 bits per heavy atom. The zero-order chi connectivity index (χ0) is 14.7. The molecule has 9 heteroatoms. The highest BCUT2D eigenvalue weighted by atomic mass is 79.9. The molecule has 0 bridgehead atoms. The minimum absolute atomic E-state index is 0.000774. The van der Waals surface area contributed by atoms with Crippen LogP contribution in [0.25, 0.3) is 0 Å². The van der Waals surface area contributed by atoms with Gasteiger partial charge >= 0.3 is 0 Å². The highest BCUT2D eigenvalue weighted by Gasteiger charge is 2.17. The molecule has 108 valence electrons. The Labute approximate surface area is 120 Å². The van der Waals surface area contributed by atoms with Gasteiger partial charge in [-0.15, -0.1) is 0 Å². The number of hydrogen-bond donors (Lipinski definition) is 1. The van der Waals surface area contributed by atoms with Crippen LogP contribution in [-0.4, -0.2) is 35.4 Å². The Morgan fingerprint density at radius 3 is 2.42 bits per heavy atom. The Kier molecular flexibility index (Phi) is 5.48. The quantitative estimate of drug-likeness (QED) is 0.762. The Balaban J connectivity index is 2.71. The van der Waals surface area contributed by atoms with Crippen molar-refractivity contribution < 1.29 is 21.2 Å². The topological polar surface area (TPSA) is 80.3 Å². The lowest BCUT2D eigenvalue weighted by Gasteiger charge is -2.08. The zero-order valence-corrected chi connectivity index (χ0v) is 13.3. The van der Waals surface area contributed by atoms with Crippen molar-refractivity contribution >= 4 is 35.8 Å². The molecule has 5 nitrogen and oxygen atoms in total. The maximum atomic E-state index is 12.9. The van der Waals surface area contributed by atoms with Crippen molar-refractivity contribution in [2.24, 2.45) is 0 Å². The molecule has 0 fully saturated rings. The second kappa shape index (κ2) is 6.29.